The number of pyridine rings is 2. The monoisotopic (exact) mass is 745 g/mol. The second-order valence-electron chi connectivity index (χ2n) is 12.7. The molecular weight excluding hydrogens is 709 g/mol. The van der Waals surface area contributed by atoms with E-state index < -0.39 is 12.0 Å². The highest BCUT2D eigenvalue weighted by molar-refractivity contribution is 7.18. The molecule has 0 radical (unpaired) electrons. The Labute approximate surface area is 309 Å². The summed E-state index contributed by atoms with van der Waals surface area (Å²) in [6, 6.07) is 16.9. The van der Waals surface area contributed by atoms with Gasteiger partial charge in [-0.1, -0.05) is 66.0 Å². The molecule has 0 bridgehead atoms. The van der Waals surface area contributed by atoms with Gasteiger partial charge >= 0.3 is 5.97 Å². The average Bonchev–Trinajstić information content (AvgIpc) is 3.75. The maximum atomic E-state index is 11.9. The van der Waals surface area contributed by atoms with Crippen molar-refractivity contribution < 1.29 is 19.4 Å². The van der Waals surface area contributed by atoms with E-state index in [1.807, 2.05) is 59.5 Å². The number of nitrogens with one attached hydrogen (secondary N) is 3. The molecule has 2 aromatic carbocycles. The predicted molar refractivity (Wildman–Crippen MR) is 201 cm³/mol. The Morgan fingerprint density at radius 1 is 1.04 bits per heavy atom. The first-order chi connectivity index (χ1) is 24.8. The third-order valence-electron chi connectivity index (χ3n) is 9.33. The molecule has 4 N–H and O–H groups in total. The summed E-state index contributed by atoms with van der Waals surface area (Å²) < 4.78 is 6.59. The van der Waals surface area contributed by atoms with Crippen LogP contribution in [-0.2, 0) is 22.7 Å². The Balaban J connectivity index is 1.11. The molecule has 264 valence electrons. The zero-order valence-electron chi connectivity index (χ0n) is 27.9. The summed E-state index contributed by atoms with van der Waals surface area (Å²) in [6.45, 7) is 2.42. The number of ether oxygens (including phenoxy) is 1. The van der Waals surface area contributed by atoms with Gasteiger partial charge in [-0.2, -0.15) is 0 Å². The van der Waals surface area contributed by atoms with Crippen molar-refractivity contribution in [2.75, 3.05) is 25.5 Å². The summed E-state index contributed by atoms with van der Waals surface area (Å²) in [5.74, 6) is 0.355. The van der Waals surface area contributed by atoms with Gasteiger partial charge in [0.2, 0.25) is 11.8 Å². The minimum Gasteiger partial charge on any atom is -0.481 e. The lowest BCUT2D eigenvalue weighted by atomic mass is 10.00. The van der Waals surface area contributed by atoms with Gasteiger partial charge in [0.05, 0.1) is 39.8 Å². The molecule has 2 saturated heterocycles. The van der Waals surface area contributed by atoms with Crippen LogP contribution in [0.1, 0.15) is 42.7 Å². The van der Waals surface area contributed by atoms with Gasteiger partial charge in [0.1, 0.15) is 16.6 Å². The first-order valence-electron chi connectivity index (χ1n) is 16.9. The number of aromatic nitrogens is 3. The van der Waals surface area contributed by atoms with E-state index in [4.69, 9.17) is 37.9 Å². The Hall–Kier alpha value is -4.33. The van der Waals surface area contributed by atoms with Crippen molar-refractivity contribution in [3.8, 4) is 28.3 Å². The lowest BCUT2D eigenvalue weighted by molar-refractivity contribution is -0.144. The fourth-order valence-corrected chi connectivity index (χ4v) is 8.33. The number of nitrogens with zero attached hydrogens (tertiary/aromatic N) is 4. The topological polar surface area (TPSA) is 142 Å². The normalized spacial score (nSPS) is 17.8. The number of carbonyl (C=O) groups is 2. The van der Waals surface area contributed by atoms with Gasteiger partial charge in [-0.3, -0.25) is 14.5 Å². The number of anilines is 2. The molecule has 2 atom stereocenters. The minimum absolute atomic E-state index is 0.0934. The molecule has 5 heterocycles. The van der Waals surface area contributed by atoms with Crippen LogP contribution >= 0.6 is 34.5 Å². The fourth-order valence-electron chi connectivity index (χ4n) is 6.74. The van der Waals surface area contributed by atoms with Crippen LogP contribution in [0.4, 0.5) is 11.5 Å². The number of methoxy groups -OCH3 is 1. The molecule has 1 amide bonds. The number of fused-ring (bicyclic) bond motifs is 1. The van der Waals surface area contributed by atoms with Crippen molar-refractivity contribution in [2.24, 2.45) is 0 Å². The summed E-state index contributed by atoms with van der Waals surface area (Å²) in [6.07, 6.45) is 5.66. The van der Waals surface area contributed by atoms with E-state index in [1.54, 1.807) is 13.3 Å². The third-order valence-corrected chi connectivity index (χ3v) is 11.1. The SMILES string of the molecule is COc1nc(-c2cccc(-c3cccc(Nc4nccc5sc(CN6CCCCC6C(=O)O)nc45)c3Cl)c2Cl)ccc1CNC[C@H]1CCC(=O)N1. The number of carbonyl (C=O) groups excluding carboxylic acids is 1. The quantitative estimate of drug-likeness (QED) is 0.103. The number of thiazole rings is 1. The second kappa shape index (κ2) is 15.5. The number of hydrogen-bond donors (Lipinski definition) is 4. The van der Waals surface area contributed by atoms with Crippen LogP contribution in [0.5, 0.6) is 5.88 Å². The molecular formula is C37H37Cl2N7O4S. The number of hydrogen-bond acceptors (Lipinski definition) is 10. The van der Waals surface area contributed by atoms with Crippen molar-refractivity contribution >= 4 is 68.1 Å². The Bertz CT molecular complexity index is 2090. The van der Waals surface area contributed by atoms with Crippen LogP contribution in [-0.4, -0.2) is 69.1 Å². The molecule has 3 aromatic heterocycles. The first-order valence-corrected chi connectivity index (χ1v) is 18.5. The summed E-state index contributed by atoms with van der Waals surface area (Å²) in [7, 11) is 1.59. The van der Waals surface area contributed by atoms with Gasteiger partial charge in [0.25, 0.3) is 0 Å². The van der Waals surface area contributed by atoms with Crippen molar-refractivity contribution in [3.05, 3.63) is 81.4 Å². The number of aliphatic carboxylic acids is 1. The molecule has 2 aliphatic heterocycles. The number of halogens is 2. The Kier molecular flexibility index (Phi) is 10.7. The maximum Gasteiger partial charge on any atom is 0.320 e. The van der Waals surface area contributed by atoms with Crippen LogP contribution in [0.2, 0.25) is 10.0 Å². The molecule has 0 aliphatic carbocycles. The highest BCUT2D eigenvalue weighted by Crippen LogP contribution is 2.42. The summed E-state index contributed by atoms with van der Waals surface area (Å²) in [4.78, 5) is 39.6. The molecule has 5 aromatic rings. The molecule has 11 nitrogen and oxygen atoms in total. The van der Waals surface area contributed by atoms with E-state index in [2.05, 4.69) is 20.9 Å². The van der Waals surface area contributed by atoms with Crippen molar-refractivity contribution in [3.63, 3.8) is 0 Å². The molecule has 0 saturated carbocycles. The molecule has 7 rings (SSSR count). The average molecular weight is 747 g/mol. The van der Waals surface area contributed by atoms with Gasteiger partial charge in [-0.25, -0.2) is 15.0 Å². The number of likely N-dealkylation sites (tertiary alicyclic amines) is 1. The van der Waals surface area contributed by atoms with E-state index in [-0.39, 0.29) is 11.9 Å². The lowest BCUT2D eigenvalue weighted by Crippen LogP contribution is -2.43. The molecule has 2 aliphatic rings. The molecule has 0 spiro atoms. The number of piperidine rings is 1. The Morgan fingerprint density at radius 3 is 2.63 bits per heavy atom. The molecule has 51 heavy (non-hydrogen) atoms. The number of carboxylic acid groups (broad SMARTS) is 1. The lowest BCUT2D eigenvalue weighted by Gasteiger charge is -2.31. The fraction of sp³-hybridized carbons (Fsp3) is 0.324. The van der Waals surface area contributed by atoms with Gasteiger partial charge < -0.3 is 25.8 Å². The van der Waals surface area contributed by atoms with E-state index in [0.717, 1.165) is 57.8 Å². The van der Waals surface area contributed by atoms with Crippen LogP contribution in [0.25, 0.3) is 32.6 Å². The standard InChI is InChI=1S/C37H37Cl2N7O4S/c1-50-36-21(18-40-19-22-12-14-30(47)42-22)11-13-26(44-36)25-8-4-6-23(32(25)38)24-7-5-9-27(33(24)39)43-35-34-29(15-16-41-35)51-31(45-34)20-46-17-3-2-10-28(46)37(48)49/h4-9,11,13,15-16,22,28,40H,2-3,10,12,14,17-20H2,1H3,(H,41,43)(H,42,47)(H,48,49)/t22-,28?/m1/s1. The zero-order chi connectivity index (χ0) is 35.5. The zero-order valence-corrected chi connectivity index (χ0v) is 30.2. The summed E-state index contributed by atoms with van der Waals surface area (Å²) in [5.41, 5.74) is 5.10. The smallest absolute Gasteiger partial charge is 0.320 e. The summed E-state index contributed by atoms with van der Waals surface area (Å²) >= 11 is 15.7. The van der Waals surface area contributed by atoms with Gasteiger partial charge in [-0.05, 0) is 44.0 Å². The van der Waals surface area contributed by atoms with E-state index in [0.29, 0.717) is 71.1 Å². The Morgan fingerprint density at radius 2 is 1.84 bits per heavy atom. The van der Waals surface area contributed by atoms with E-state index in [1.165, 1.54) is 11.3 Å². The predicted octanol–water partition coefficient (Wildman–Crippen LogP) is 7.29. The van der Waals surface area contributed by atoms with Crippen LogP contribution in [0.15, 0.2) is 60.8 Å². The highest BCUT2D eigenvalue weighted by Gasteiger charge is 2.29. The van der Waals surface area contributed by atoms with Crippen molar-refractivity contribution in [1.29, 1.82) is 0 Å². The van der Waals surface area contributed by atoms with Crippen LogP contribution in [0, 0.1) is 0 Å². The van der Waals surface area contributed by atoms with Gasteiger partial charge in [0, 0.05) is 54.0 Å². The van der Waals surface area contributed by atoms with E-state index in [9.17, 15) is 14.7 Å². The highest BCUT2D eigenvalue weighted by atomic mass is 35.5. The molecule has 1 unspecified atom stereocenters. The summed E-state index contributed by atoms with van der Waals surface area (Å²) in [5, 5.41) is 21.3. The van der Waals surface area contributed by atoms with Gasteiger partial charge in [0.15, 0.2) is 5.82 Å². The van der Waals surface area contributed by atoms with Gasteiger partial charge in [-0.15, -0.1) is 11.3 Å². The van der Waals surface area contributed by atoms with Crippen LogP contribution in [0.3, 0.4) is 0 Å². The number of carboxylic acids is 1. The maximum absolute atomic E-state index is 11.9. The number of amides is 1. The first kappa shape index (κ1) is 35.1. The number of rotatable bonds is 12. The number of benzene rings is 2. The molecule has 14 heteroatoms. The van der Waals surface area contributed by atoms with Crippen molar-refractivity contribution in [2.45, 2.75) is 57.3 Å². The molecule has 2 fully saturated rings. The van der Waals surface area contributed by atoms with E-state index >= 15 is 0 Å². The van der Waals surface area contributed by atoms with Crippen LogP contribution < -0.4 is 20.7 Å². The largest absolute Gasteiger partial charge is 0.481 e. The third kappa shape index (κ3) is 7.65. The second-order valence-corrected chi connectivity index (χ2v) is 14.6. The van der Waals surface area contributed by atoms with Crippen molar-refractivity contribution in [1.82, 2.24) is 30.5 Å². The minimum atomic E-state index is -0.786.